The first-order valence-electron chi connectivity index (χ1n) is 9.27. The molecule has 0 saturated carbocycles. The summed E-state index contributed by atoms with van der Waals surface area (Å²) in [5, 5.41) is 9.46. The third-order valence-corrected chi connectivity index (χ3v) is 5.50. The van der Waals surface area contributed by atoms with Gasteiger partial charge in [-0.05, 0) is 36.6 Å². The Morgan fingerprint density at radius 3 is 2.80 bits per heavy atom. The Hall–Kier alpha value is -2.84. The number of thioether (sulfide) groups is 1. The molecule has 0 fully saturated rings. The van der Waals surface area contributed by atoms with Gasteiger partial charge >= 0.3 is 0 Å². The Bertz CT molecular complexity index is 1110. The zero-order valence-electron chi connectivity index (χ0n) is 16.6. The maximum absolute atomic E-state index is 13.1. The molecule has 4 rings (SSSR count). The number of carbonyl (C=O) groups is 1. The number of ether oxygens (including phenoxy) is 2. The molecule has 2 aromatic carbocycles. The van der Waals surface area contributed by atoms with Crippen LogP contribution < -0.4 is 14.4 Å². The van der Waals surface area contributed by atoms with Gasteiger partial charge in [-0.15, -0.1) is 10.2 Å². The maximum Gasteiger partial charge on any atom is 0.247 e. The summed E-state index contributed by atoms with van der Waals surface area (Å²) in [5.74, 6) is 0.753. The van der Waals surface area contributed by atoms with Crippen LogP contribution in [0, 0.1) is 0 Å². The Kier molecular flexibility index (Phi) is 5.78. The van der Waals surface area contributed by atoms with Crippen LogP contribution in [0.2, 0.25) is 5.02 Å². The van der Waals surface area contributed by atoms with E-state index in [0.717, 1.165) is 0 Å². The minimum Gasteiger partial charge on any atom is -0.496 e. The number of amides is 1. The lowest BCUT2D eigenvalue weighted by Gasteiger charge is -2.31. The molecular formula is C21H19ClN4O3S. The fraction of sp³-hybridized carbons (Fsp3) is 0.238. The van der Waals surface area contributed by atoms with E-state index in [1.54, 1.807) is 37.1 Å². The van der Waals surface area contributed by atoms with E-state index in [1.807, 2.05) is 30.5 Å². The lowest BCUT2D eigenvalue weighted by atomic mass is 10.1. The highest BCUT2D eigenvalue weighted by molar-refractivity contribution is 7.98. The molecule has 1 aliphatic rings. The average molecular weight is 443 g/mol. The highest BCUT2D eigenvalue weighted by atomic mass is 35.5. The van der Waals surface area contributed by atoms with E-state index >= 15 is 0 Å². The van der Waals surface area contributed by atoms with Crippen LogP contribution in [0.5, 0.6) is 11.6 Å². The van der Waals surface area contributed by atoms with Crippen LogP contribution >= 0.6 is 23.4 Å². The fourth-order valence-electron chi connectivity index (χ4n) is 3.34. The first-order valence-corrected chi connectivity index (χ1v) is 10.9. The van der Waals surface area contributed by atoms with Gasteiger partial charge in [0, 0.05) is 17.0 Å². The minimum atomic E-state index is -0.804. The van der Waals surface area contributed by atoms with E-state index in [4.69, 9.17) is 21.1 Å². The summed E-state index contributed by atoms with van der Waals surface area (Å²) in [7, 11) is 1.58. The molecule has 2 heterocycles. The van der Waals surface area contributed by atoms with Gasteiger partial charge in [-0.25, -0.2) is 0 Å². The number of methoxy groups -OCH3 is 1. The van der Waals surface area contributed by atoms with Gasteiger partial charge in [-0.1, -0.05) is 42.4 Å². The second-order valence-corrected chi connectivity index (χ2v) is 7.65. The summed E-state index contributed by atoms with van der Waals surface area (Å²) >= 11 is 7.63. The summed E-state index contributed by atoms with van der Waals surface area (Å²) in [5.41, 5.74) is 2.37. The largest absolute Gasteiger partial charge is 0.496 e. The van der Waals surface area contributed by atoms with Gasteiger partial charge in [-0.2, -0.15) is 4.98 Å². The van der Waals surface area contributed by atoms with Gasteiger partial charge in [0.1, 0.15) is 5.75 Å². The van der Waals surface area contributed by atoms with Crippen molar-refractivity contribution in [1.29, 1.82) is 0 Å². The van der Waals surface area contributed by atoms with Crippen LogP contribution in [0.15, 0.2) is 47.6 Å². The minimum absolute atomic E-state index is 0.125. The predicted octanol–water partition coefficient (Wildman–Crippen LogP) is 4.76. The van der Waals surface area contributed by atoms with E-state index in [9.17, 15) is 4.79 Å². The molecule has 1 unspecified atom stereocenters. The molecule has 0 radical (unpaired) electrons. The molecule has 1 atom stereocenters. The number of para-hydroxylation sites is 1. The normalized spacial score (nSPS) is 14.9. The summed E-state index contributed by atoms with van der Waals surface area (Å²) in [4.78, 5) is 19.3. The van der Waals surface area contributed by atoms with Crippen LogP contribution in [0.4, 0.5) is 5.69 Å². The molecule has 0 spiro atoms. The standard InChI is InChI=1S/C21H19ClN4O3S/c1-4-17(27)26-15-10-9-12(22)11-14(15)18-19(23-21(30-3)25-24-18)29-20(26)13-7-5-6-8-16(13)28-2/h5-11,20H,4H2,1-3H3. The van der Waals surface area contributed by atoms with Crippen molar-refractivity contribution in [1.82, 2.24) is 15.2 Å². The zero-order chi connectivity index (χ0) is 21.3. The average Bonchev–Trinajstić information content (AvgIpc) is 2.92. The molecule has 0 N–H and O–H groups in total. The fourth-order valence-corrected chi connectivity index (χ4v) is 3.81. The monoisotopic (exact) mass is 442 g/mol. The smallest absolute Gasteiger partial charge is 0.247 e. The zero-order valence-corrected chi connectivity index (χ0v) is 18.2. The molecule has 1 aliphatic heterocycles. The number of benzene rings is 2. The van der Waals surface area contributed by atoms with Crippen LogP contribution in [0.3, 0.4) is 0 Å². The second-order valence-electron chi connectivity index (χ2n) is 6.44. The third-order valence-electron chi connectivity index (χ3n) is 4.73. The number of fused-ring (bicyclic) bond motifs is 3. The van der Waals surface area contributed by atoms with Crippen LogP contribution in [-0.2, 0) is 4.79 Å². The third kappa shape index (κ3) is 3.57. The van der Waals surface area contributed by atoms with E-state index in [0.29, 0.717) is 38.4 Å². The van der Waals surface area contributed by atoms with Gasteiger partial charge in [0.05, 0.1) is 18.4 Å². The number of hydrogen-bond acceptors (Lipinski definition) is 7. The maximum atomic E-state index is 13.1. The van der Waals surface area contributed by atoms with Gasteiger partial charge in [0.25, 0.3) is 0 Å². The molecule has 3 aromatic rings. The highest BCUT2D eigenvalue weighted by Crippen LogP contribution is 2.45. The van der Waals surface area contributed by atoms with Crippen LogP contribution in [-0.4, -0.2) is 34.5 Å². The van der Waals surface area contributed by atoms with Crippen molar-refractivity contribution < 1.29 is 14.3 Å². The van der Waals surface area contributed by atoms with Gasteiger partial charge in [0.15, 0.2) is 5.69 Å². The van der Waals surface area contributed by atoms with Crippen molar-refractivity contribution in [2.75, 3.05) is 18.3 Å². The lowest BCUT2D eigenvalue weighted by molar-refractivity contribution is -0.120. The number of carbonyl (C=O) groups excluding carboxylic acids is 1. The number of anilines is 1. The van der Waals surface area contributed by atoms with Crippen molar-refractivity contribution in [3.63, 3.8) is 0 Å². The summed E-state index contributed by atoms with van der Waals surface area (Å²) < 4.78 is 11.9. The number of nitrogens with zero attached hydrogens (tertiary/aromatic N) is 4. The number of rotatable bonds is 4. The van der Waals surface area contributed by atoms with E-state index in [1.165, 1.54) is 11.8 Å². The highest BCUT2D eigenvalue weighted by Gasteiger charge is 2.36. The van der Waals surface area contributed by atoms with Crippen molar-refractivity contribution in [2.24, 2.45) is 0 Å². The SMILES string of the molecule is CCC(=O)N1c2ccc(Cl)cc2-c2nnc(SC)nc2OC1c1ccccc1OC. The second kappa shape index (κ2) is 8.49. The molecule has 0 saturated heterocycles. The molecule has 30 heavy (non-hydrogen) atoms. The molecular weight excluding hydrogens is 424 g/mol. The predicted molar refractivity (Wildman–Crippen MR) is 116 cm³/mol. The number of aromatic nitrogens is 3. The van der Waals surface area contributed by atoms with Crippen LogP contribution in [0.1, 0.15) is 25.1 Å². The molecule has 154 valence electrons. The van der Waals surface area contributed by atoms with E-state index in [2.05, 4.69) is 15.2 Å². The molecule has 0 bridgehead atoms. The Morgan fingerprint density at radius 2 is 2.07 bits per heavy atom. The van der Waals surface area contributed by atoms with Crippen LogP contribution in [0.25, 0.3) is 11.3 Å². The van der Waals surface area contributed by atoms with Gasteiger partial charge in [-0.3, -0.25) is 9.69 Å². The molecule has 0 aliphatic carbocycles. The molecule has 7 nitrogen and oxygen atoms in total. The number of halogens is 1. The topological polar surface area (TPSA) is 77.4 Å². The van der Waals surface area contributed by atoms with Crippen molar-refractivity contribution in [3.8, 4) is 22.9 Å². The molecule has 1 aromatic heterocycles. The summed E-state index contributed by atoms with van der Waals surface area (Å²) in [6.07, 6.45) is 1.33. The van der Waals surface area contributed by atoms with E-state index < -0.39 is 6.23 Å². The Labute approximate surface area is 183 Å². The lowest BCUT2D eigenvalue weighted by Crippen LogP contribution is -2.37. The summed E-state index contributed by atoms with van der Waals surface area (Å²) in [6, 6.07) is 12.7. The van der Waals surface area contributed by atoms with Gasteiger partial charge in [0.2, 0.25) is 23.2 Å². The molecule has 1 amide bonds. The quantitative estimate of drug-likeness (QED) is 0.539. The van der Waals surface area contributed by atoms with Gasteiger partial charge < -0.3 is 9.47 Å². The van der Waals surface area contributed by atoms with Crippen molar-refractivity contribution in [2.45, 2.75) is 24.7 Å². The first kappa shape index (κ1) is 20.4. The van der Waals surface area contributed by atoms with E-state index in [-0.39, 0.29) is 18.2 Å². The Balaban J connectivity index is 2.02. The first-order chi connectivity index (χ1) is 14.6. The number of hydrogen-bond donors (Lipinski definition) is 0. The molecule has 9 heteroatoms. The Morgan fingerprint density at radius 1 is 1.27 bits per heavy atom. The van der Waals surface area contributed by atoms with Crippen molar-refractivity contribution >= 4 is 35.0 Å². The summed E-state index contributed by atoms with van der Waals surface area (Å²) in [6.45, 7) is 1.80. The van der Waals surface area contributed by atoms with Crippen molar-refractivity contribution in [3.05, 3.63) is 53.1 Å².